The molecule has 71 heavy (non-hydrogen) atoms. The van der Waals surface area contributed by atoms with E-state index in [1.807, 2.05) is 6.07 Å². The van der Waals surface area contributed by atoms with Gasteiger partial charge >= 0.3 is 0 Å². The van der Waals surface area contributed by atoms with Gasteiger partial charge < -0.3 is 4.42 Å². The molecular formula is C70H42O. The van der Waals surface area contributed by atoms with Gasteiger partial charge in [0.05, 0.1) is 0 Å². The molecule has 0 aliphatic heterocycles. The van der Waals surface area contributed by atoms with Crippen LogP contribution in [0.25, 0.3) is 153 Å². The molecular weight excluding hydrogens is 857 g/mol. The van der Waals surface area contributed by atoms with Gasteiger partial charge in [-0.25, -0.2) is 0 Å². The summed E-state index contributed by atoms with van der Waals surface area (Å²) in [5, 5.41) is 19.5. The molecule has 0 saturated carbocycles. The highest BCUT2D eigenvalue weighted by molar-refractivity contribution is 6.27. The van der Waals surface area contributed by atoms with Crippen molar-refractivity contribution in [1.29, 1.82) is 0 Å². The number of hydrogen-bond donors (Lipinski definition) is 0. The maximum absolute atomic E-state index is 6.69. The van der Waals surface area contributed by atoms with Gasteiger partial charge in [-0.15, -0.1) is 0 Å². The van der Waals surface area contributed by atoms with Crippen LogP contribution in [0, 0.1) is 0 Å². The Morgan fingerprint density at radius 2 is 0.507 bits per heavy atom. The highest BCUT2D eigenvalue weighted by Gasteiger charge is 2.23. The second kappa shape index (κ2) is 15.6. The normalized spacial score (nSPS) is 11.9. The molecule has 0 aliphatic carbocycles. The number of fused-ring (bicyclic) bond motifs is 10. The van der Waals surface area contributed by atoms with Crippen molar-refractivity contribution in [2.75, 3.05) is 0 Å². The Kier molecular flexibility index (Phi) is 8.73. The standard InChI is InChI=1S/C70H42O/c1-2-21-48-43(17-1)18-13-31-50(48)66-51-23-3-5-25-53(51)67(54-26-6-4-24-52(54)66)59-32-14-19-44-37-39-46(41-63(44)59)47-40-38-45-20-15-33-60(64(45)42-47)68-55-27-7-9-29-57(55)69(58-30-10-8-28-56(58)68)62-35-16-34-61-49-22-11-12-36-65(49)71-70(61)62/h1-42H. The van der Waals surface area contributed by atoms with Gasteiger partial charge in [-0.05, 0) is 138 Å². The zero-order valence-electron chi connectivity index (χ0n) is 38.7. The van der Waals surface area contributed by atoms with Crippen molar-refractivity contribution in [1.82, 2.24) is 0 Å². The van der Waals surface area contributed by atoms with Crippen LogP contribution in [0.1, 0.15) is 0 Å². The molecule has 0 aliphatic rings. The van der Waals surface area contributed by atoms with Gasteiger partial charge in [0.15, 0.2) is 0 Å². The molecule has 0 amide bonds. The van der Waals surface area contributed by atoms with Crippen LogP contribution in [-0.4, -0.2) is 0 Å². The van der Waals surface area contributed by atoms with E-state index in [0.717, 1.165) is 27.5 Å². The van der Waals surface area contributed by atoms with Crippen LogP contribution in [0.15, 0.2) is 259 Å². The van der Waals surface area contributed by atoms with Crippen LogP contribution in [0.5, 0.6) is 0 Å². The van der Waals surface area contributed by atoms with Crippen LogP contribution >= 0.6 is 0 Å². The lowest BCUT2D eigenvalue weighted by atomic mass is 9.83. The highest BCUT2D eigenvalue weighted by atomic mass is 16.3. The Morgan fingerprint density at radius 3 is 0.972 bits per heavy atom. The summed E-state index contributed by atoms with van der Waals surface area (Å²) in [6.07, 6.45) is 0. The quantitative estimate of drug-likeness (QED) is 0.157. The number of rotatable bonds is 5. The minimum Gasteiger partial charge on any atom is -0.455 e. The van der Waals surface area contributed by atoms with Crippen molar-refractivity contribution in [2.24, 2.45) is 0 Å². The van der Waals surface area contributed by atoms with Crippen LogP contribution in [0.2, 0.25) is 0 Å². The first kappa shape index (κ1) is 39.7. The molecule has 0 saturated heterocycles. The van der Waals surface area contributed by atoms with E-state index < -0.39 is 0 Å². The lowest BCUT2D eigenvalue weighted by Crippen LogP contribution is -1.93. The van der Waals surface area contributed by atoms with E-state index in [-0.39, 0.29) is 0 Å². The van der Waals surface area contributed by atoms with Crippen molar-refractivity contribution in [2.45, 2.75) is 0 Å². The fourth-order valence-corrected chi connectivity index (χ4v) is 12.1. The third-order valence-electron chi connectivity index (χ3n) is 15.2. The molecule has 0 bridgehead atoms. The molecule has 15 rings (SSSR count). The lowest BCUT2D eigenvalue weighted by molar-refractivity contribution is 0.670. The minimum absolute atomic E-state index is 0.905. The third-order valence-corrected chi connectivity index (χ3v) is 15.2. The zero-order valence-corrected chi connectivity index (χ0v) is 38.7. The maximum Gasteiger partial charge on any atom is 0.143 e. The summed E-state index contributed by atoms with van der Waals surface area (Å²) in [6.45, 7) is 0. The van der Waals surface area contributed by atoms with Gasteiger partial charge in [0.1, 0.15) is 11.2 Å². The van der Waals surface area contributed by atoms with E-state index in [2.05, 4.69) is 249 Å². The summed E-state index contributed by atoms with van der Waals surface area (Å²) in [5.41, 5.74) is 14.0. The lowest BCUT2D eigenvalue weighted by Gasteiger charge is -2.20. The molecule has 0 radical (unpaired) electrons. The average molecular weight is 899 g/mol. The Bertz CT molecular complexity index is 4580. The molecule has 1 heterocycles. The van der Waals surface area contributed by atoms with Gasteiger partial charge in [-0.1, -0.05) is 237 Å². The fraction of sp³-hybridized carbons (Fsp3) is 0. The van der Waals surface area contributed by atoms with Crippen molar-refractivity contribution >= 4 is 97.3 Å². The first-order valence-corrected chi connectivity index (χ1v) is 24.6. The first-order chi connectivity index (χ1) is 35.2. The molecule has 328 valence electrons. The summed E-state index contributed by atoms with van der Waals surface area (Å²) in [5.74, 6) is 0. The predicted octanol–water partition coefficient (Wildman–Crippen LogP) is 20.0. The van der Waals surface area contributed by atoms with E-state index in [4.69, 9.17) is 4.42 Å². The fourth-order valence-electron chi connectivity index (χ4n) is 12.1. The van der Waals surface area contributed by atoms with Crippen LogP contribution in [0.3, 0.4) is 0 Å². The SMILES string of the molecule is c1ccc2c(-c3c4ccccc4c(-c4cccc5ccc(-c6ccc7cccc(-c8c9ccccc9c(-c9cccc%10c9oc9ccccc9%10)c9ccccc89)c7c6)cc45)c4ccccc34)cccc2c1. The summed E-state index contributed by atoms with van der Waals surface area (Å²) >= 11 is 0. The molecule has 1 aromatic heterocycles. The van der Waals surface area contributed by atoms with E-state index in [0.29, 0.717) is 0 Å². The largest absolute Gasteiger partial charge is 0.455 e. The van der Waals surface area contributed by atoms with Gasteiger partial charge in [-0.2, -0.15) is 0 Å². The van der Waals surface area contributed by atoms with Crippen molar-refractivity contribution in [3.8, 4) is 55.6 Å². The van der Waals surface area contributed by atoms with Crippen molar-refractivity contribution in [3.05, 3.63) is 255 Å². The van der Waals surface area contributed by atoms with Crippen LogP contribution in [0.4, 0.5) is 0 Å². The molecule has 0 spiro atoms. The van der Waals surface area contributed by atoms with Gasteiger partial charge in [0, 0.05) is 21.9 Å². The number of para-hydroxylation sites is 2. The molecule has 14 aromatic carbocycles. The Hall–Kier alpha value is -9.30. The third kappa shape index (κ3) is 6.00. The van der Waals surface area contributed by atoms with Crippen LogP contribution < -0.4 is 0 Å². The second-order valence-corrected chi connectivity index (χ2v) is 19.0. The van der Waals surface area contributed by atoms with Gasteiger partial charge in [0.25, 0.3) is 0 Å². The summed E-state index contributed by atoms with van der Waals surface area (Å²) in [6, 6.07) is 93.9. The Balaban J connectivity index is 0.933. The van der Waals surface area contributed by atoms with E-state index in [1.165, 1.54) is 125 Å². The number of benzene rings is 14. The Labute approximate surface area is 410 Å². The van der Waals surface area contributed by atoms with E-state index in [1.54, 1.807) is 0 Å². The number of hydrogen-bond acceptors (Lipinski definition) is 1. The zero-order chi connectivity index (χ0) is 46.6. The molecule has 0 unspecified atom stereocenters. The van der Waals surface area contributed by atoms with Gasteiger partial charge in [0.2, 0.25) is 0 Å². The molecule has 1 heteroatoms. The average Bonchev–Trinajstić information content (AvgIpc) is 3.83. The van der Waals surface area contributed by atoms with E-state index >= 15 is 0 Å². The molecule has 0 atom stereocenters. The number of furan rings is 1. The smallest absolute Gasteiger partial charge is 0.143 e. The van der Waals surface area contributed by atoms with Crippen molar-refractivity contribution in [3.63, 3.8) is 0 Å². The predicted molar refractivity (Wildman–Crippen MR) is 303 cm³/mol. The van der Waals surface area contributed by atoms with Crippen molar-refractivity contribution < 1.29 is 4.42 Å². The summed E-state index contributed by atoms with van der Waals surface area (Å²) in [4.78, 5) is 0. The van der Waals surface area contributed by atoms with Crippen LogP contribution in [-0.2, 0) is 0 Å². The Morgan fingerprint density at radius 1 is 0.197 bits per heavy atom. The molecule has 0 fully saturated rings. The summed E-state index contributed by atoms with van der Waals surface area (Å²) in [7, 11) is 0. The van der Waals surface area contributed by atoms with Gasteiger partial charge in [-0.3, -0.25) is 0 Å². The maximum atomic E-state index is 6.69. The monoisotopic (exact) mass is 898 g/mol. The highest BCUT2D eigenvalue weighted by Crippen LogP contribution is 2.50. The second-order valence-electron chi connectivity index (χ2n) is 19.0. The topological polar surface area (TPSA) is 13.1 Å². The minimum atomic E-state index is 0.905. The van der Waals surface area contributed by atoms with E-state index in [9.17, 15) is 0 Å². The summed E-state index contributed by atoms with van der Waals surface area (Å²) < 4.78 is 6.69. The molecule has 1 nitrogen and oxygen atoms in total. The molecule has 0 N–H and O–H groups in total. The molecule has 15 aromatic rings. The first-order valence-electron chi connectivity index (χ1n) is 24.6.